The van der Waals surface area contributed by atoms with Gasteiger partial charge >= 0.3 is 15.6 Å². The topological polar surface area (TPSA) is 209 Å². The van der Waals surface area contributed by atoms with E-state index in [-0.39, 0.29) is 5.28 Å². The summed E-state index contributed by atoms with van der Waals surface area (Å²) < 4.78 is 32.6. The Morgan fingerprint density at radius 1 is 1.33 bits per heavy atom. The first-order chi connectivity index (χ1) is 13.9. The quantitative estimate of drug-likeness (QED) is 0.226. The summed E-state index contributed by atoms with van der Waals surface area (Å²) in [6.07, 6.45) is -0.915. The van der Waals surface area contributed by atoms with Crippen molar-refractivity contribution in [2.45, 2.75) is 24.7 Å². The van der Waals surface area contributed by atoms with Crippen molar-refractivity contribution < 1.29 is 42.9 Å². The molecule has 6 N–H and O–H groups in total. The van der Waals surface area contributed by atoms with Crippen LogP contribution in [0.3, 0.4) is 0 Å². The first-order valence-electron chi connectivity index (χ1n) is 8.57. The van der Waals surface area contributed by atoms with Crippen LogP contribution < -0.4 is 5.32 Å². The molecule has 30 heavy (non-hydrogen) atoms. The van der Waals surface area contributed by atoms with Crippen molar-refractivity contribution in [3.63, 3.8) is 0 Å². The summed E-state index contributed by atoms with van der Waals surface area (Å²) in [4.78, 5) is 39.3. The van der Waals surface area contributed by atoms with Gasteiger partial charge in [0.2, 0.25) is 5.28 Å². The number of aliphatic hydroxyl groups is 2. The van der Waals surface area contributed by atoms with E-state index in [1.807, 2.05) is 0 Å². The minimum atomic E-state index is -5.27. The Bertz CT molecular complexity index is 1090. The number of imidazole rings is 1. The average molecular weight is 486 g/mol. The van der Waals surface area contributed by atoms with Gasteiger partial charge in [-0.2, -0.15) is 14.3 Å². The SMILES string of the molecule is CNc1nc(Cl)nc2c1ncn2[C@@H]1C2C[C@@]2(COP(=O)(O)OP(=O)(O)O)[C@@H](O)[C@H]1O. The summed E-state index contributed by atoms with van der Waals surface area (Å²) in [5, 5.41) is 24.0. The molecule has 17 heteroatoms. The lowest BCUT2D eigenvalue weighted by Crippen LogP contribution is -2.35. The second kappa shape index (κ2) is 7.17. The predicted molar refractivity (Wildman–Crippen MR) is 100 cm³/mol. The minimum absolute atomic E-state index is 0.0529. The maximum atomic E-state index is 11.7. The summed E-state index contributed by atoms with van der Waals surface area (Å²) >= 11 is 5.96. The number of phosphoric acid groups is 2. The molecule has 166 valence electrons. The maximum Gasteiger partial charge on any atom is 0.481 e. The summed E-state index contributed by atoms with van der Waals surface area (Å²) in [6, 6.07) is -0.704. The average Bonchev–Trinajstić information content (AvgIpc) is 3.14. The fourth-order valence-electron chi connectivity index (χ4n) is 4.17. The molecule has 0 aliphatic heterocycles. The molecule has 14 nitrogen and oxygen atoms in total. The molecule has 2 heterocycles. The number of anilines is 1. The van der Waals surface area contributed by atoms with Gasteiger partial charge in [0, 0.05) is 12.5 Å². The Morgan fingerprint density at radius 3 is 2.67 bits per heavy atom. The van der Waals surface area contributed by atoms with Crippen molar-refractivity contribution in [2.75, 3.05) is 19.0 Å². The van der Waals surface area contributed by atoms with Crippen molar-refractivity contribution in [3.05, 3.63) is 11.6 Å². The lowest BCUT2D eigenvalue weighted by Gasteiger charge is -2.24. The molecule has 2 unspecified atom stereocenters. The number of rotatable bonds is 7. The molecule has 0 bridgehead atoms. The standard InChI is InChI=1S/C13H18ClN5O9P2/c1-15-10-6-11(18-12(14)17-10)19(4-16-6)7-5-2-13(5,9(21)8(7)20)3-27-30(25,26)28-29(22,23)24/h4-5,7-9,20-21H,2-3H2,1H3,(H,25,26)(H,15,17,18)(H2,22,23,24)/t5?,7-,8+,9+,13+/m1/s1. The van der Waals surface area contributed by atoms with Crippen LogP contribution in [0.4, 0.5) is 5.82 Å². The molecule has 2 saturated carbocycles. The Morgan fingerprint density at radius 2 is 2.03 bits per heavy atom. The molecule has 2 aliphatic rings. The van der Waals surface area contributed by atoms with E-state index in [9.17, 15) is 24.2 Å². The van der Waals surface area contributed by atoms with Gasteiger partial charge in [0.05, 0.1) is 25.1 Å². The van der Waals surface area contributed by atoms with Crippen LogP contribution in [0, 0.1) is 11.3 Å². The smallest absolute Gasteiger partial charge is 0.390 e. The van der Waals surface area contributed by atoms with Crippen LogP contribution in [0.5, 0.6) is 0 Å². The van der Waals surface area contributed by atoms with Crippen molar-refractivity contribution in [3.8, 4) is 0 Å². The zero-order valence-corrected chi connectivity index (χ0v) is 17.8. The summed E-state index contributed by atoms with van der Waals surface area (Å²) in [7, 11) is -8.73. The van der Waals surface area contributed by atoms with Crippen LogP contribution in [0.15, 0.2) is 6.33 Å². The van der Waals surface area contributed by atoms with Crippen molar-refractivity contribution >= 4 is 44.2 Å². The largest absolute Gasteiger partial charge is 0.481 e. The highest BCUT2D eigenvalue weighted by molar-refractivity contribution is 7.60. The first kappa shape index (κ1) is 22.0. The molecule has 2 fully saturated rings. The molecular formula is C13H18ClN5O9P2. The molecule has 2 aromatic heterocycles. The lowest BCUT2D eigenvalue weighted by atomic mass is 10.0. The van der Waals surface area contributed by atoms with E-state index < -0.39 is 51.8 Å². The highest BCUT2D eigenvalue weighted by atomic mass is 35.5. The second-order valence-corrected chi connectivity index (χ2v) is 10.4. The lowest BCUT2D eigenvalue weighted by molar-refractivity contribution is -0.0297. The van der Waals surface area contributed by atoms with Gasteiger partial charge in [-0.3, -0.25) is 4.52 Å². The molecule has 4 rings (SSSR count). The van der Waals surface area contributed by atoms with E-state index in [0.717, 1.165) is 0 Å². The molecule has 6 atom stereocenters. The van der Waals surface area contributed by atoms with Crippen molar-refractivity contribution in [2.24, 2.45) is 11.3 Å². The second-order valence-electron chi connectivity index (χ2n) is 7.20. The number of hydrogen-bond donors (Lipinski definition) is 6. The van der Waals surface area contributed by atoms with Gasteiger partial charge in [-0.05, 0) is 23.9 Å². The molecule has 2 aromatic rings. The van der Waals surface area contributed by atoms with E-state index >= 15 is 0 Å². The Labute approximate surface area is 173 Å². The number of halogens is 1. The summed E-state index contributed by atoms with van der Waals surface area (Å²) in [6.45, 7) is -0.565. The molecule has 0 spiro atoms. The number of aromatic nitrogens is 4. The van der Waals surface area contributed by atoms with Gasteiger partial charge in [0.25, 0.3) is 0 Å². The number of phosphoric ester groups is 1. The molecule has 0 radical (unpaired) electrons. The van der Waals surface area contributed by atoms with Crippen LogP contribution in [0.25, 0.3) is 11.2 Å². The van der Waals surface area contributed by atoms with E-state index in [2.05, 4.69) is 24.6 Å². The van der Waals surface area contributed by atoms with Gasteiger partial charge in [-0.25, -0.2) is 14.1 Å². The number of hydrogen-bond acceptors (Lipinski definition) is 10. The monoisotopic (exact) mass is 485 g/mol. The Balaban J connectivity index is 1.60. The number of fused-ring (bicyclic) bond motifs is 2. The van der Waals surface area contributed by atoms with Crippen LogP contribution in [0.1, 0.15) is 12.5 Å². The predicted octanol–water partition coefficient (Wildman–Crippen LogP) is 0.0305. The zero-order valence-electron chi connectivity index (χ0n) is 15.2. The summed E-state index contributed by atoms with van der Waals surface area (Å²) in [5.74, 6) is -0.0280. The van der Waals surface area contributed by atoms with Gasteiger partial charge in [-0.1, -0.05) is 0 Å². The van der Waals surface area contributed by atoms with Crippen molar-refractivity contribution in [1.82, 2.24) is 19.5 Å². The molecule has 0 amide bonds. The van der Waals surface area contributed by atoms with Gasteiger partial charge in [0.15, 0.2) is 17.0 Å². The molecule has 0 aromatic carbocycles. The number of aliphatic hydroxyl groups excluding tert-OH is 2. The van der Waals surface area contributed by atoms with Crippen LogP contribution >= 0.6 is 27.2 Å². The fourth-order valence-corrected chi connectivity index (χ4v) is 6.00. The van der Waals surface area contributed by atoms with E-state index in [1.165, 1.54) is 6.33 Å². The highest BCUT2D eigenvalue weighted by Gasteiger charge is 2.72. The van der Waals surface area contributed by atoms with Gasteiger partial charge < -0.3 is 34.8 Å². The van der Waals surface area contributed by atoms with Gasteiger partial charge in [0.1, 0.15) is 6.10 Å². The fraction of sp³-hybridized carbons (Fsp3) is 0.615. The number of nitrogens with one attached hydrogen (secondary N) is 1. The van der Waals surface area contributed by atoms with Crippen molar-refractivity contribution in [1.29, 1.82) is 0 Å². The normalized spacial score (nSPS) is 32.8. The Hall–Kier alpha value is -1.18. The van der Waals surface area contributed by atoms with Crippen LogP contribution in [0.2, 0.25) is 5.28 Å². The van der Waals surface area contributed by atoms with E-state index in [1.54, 1.807) is 11.6 Å². The maximum absolute atomic E-state index is 11.7. The van der Waals surface area contributed by atoms with Crippen LogP contribution in [-0.4, -0.2) is 70.3 Å². The summed E-state index contributed by atoms with van der Waals surface area (Å²) in [5.41, 5.74) is -0.398. The number of nitrogens with zero attached hydrogens (tertiary/aromatic N) is 4. The van der Waals surface area contributed by atoms with Gasteiger partial charge in [-0.15, -0.1) is 0 Å². The molecule has 2 aliphatic carbocycles. The molecular weight excluding hydrogens is 468 g/mol. The van der Waals surface area contributed by atoms with E-state index in [0.29, 0.717) is 23.4 Å². The third kappa shape index (κ3) is 3.67. The third-order valence-corrected chi connectivity index (χ3v) is 7.81. The zero-order chi connectivity index (χ0) is 22.1. The first-order valence-corrected chi connectivity index (χ1v) is 12.0. The Kier molecular flexibility index (Phi) is 5.27. The molecule has 0 saturated heterocycles. The van der Waals surface area contributed by atoms with Crippen LogP contribution in [-0.2, 0) is 18.0 Å². The third-order valence-electron chi connectivity index (χ3n) is 5.51. The minimum Gasteiger partial charge on any atom is -0.390 e. The van der Waals surface area contributed by atoms with E-state index in [4.69, 9.17) is 25.9 Å². The highest BCUT2D eigenvalue weighted by Crippen LogP contribution is 2.69.